The van der Waals surface area contributed by atoms with Crippen LogP contribution in [0, 0.1) is 11.6 Å². The van der Waals surface area contributed by atoms with E-state index >= 15 is 0 Å². The fourth-order valence-corrected chi connectivity index (χ4v) is 1.91. The van der Waals surface area contributed by atoms with Crippen molar-refractivity contribution in [3.63, 3.8) is 0 Å². The first-order chi connectivity index (χ1) is 8.56. The van der Waals surface area contributed by atoms with Crippen LogP contribution in [0.3, 0.4) is 0 Å². The first-order valence-corrected chi connectivity index (χ1v) is 6.25. The molecule has 5 heteroatoms. The SMILES string of the molecule is Fc1ccc(Cl)c(COc2ccc(F)c(Br)c2)c1. The van der Waals surface area contributed by atoms with E-state index in [1.54, 1.807) is 0 Å². The second-order valence-corrected chi connectivity index (χ2v) is 4.86. The Labute approximate surface area is 116 Å². The van der Waals surface area contributed by atoms with Gasteiger partial charge in [0.05, 0.1) is 4.47 Å². The number of benzene rings is 2. The zero-order valence-corrected chi connectivity index (χ0v) is 11.4. The van der Waals surface area contributed by atoms with Crippen LogP contribution in [0.25, 0.3) is 0 Å². The lowest BCUT2D eigenvalue weighted by molar-refractivity contribution is 0.305. The average molecular weight is 334 g/mol. The Morgan fingerprint density at radius 1 is 1.11 bits per heavy atom. The third kappa shape index (κ3) is 3.21. The minimum Gasteiger partial charge on any atom is -0.489 e. The van der Waals surface area contributed by atoms with Gasteiger partial charge in [-0.05, 0) is 52.3 Å². The predicted octanol–water partition coefficient (Wildman–Crippen LogP) is 4.96. The standard InChI is InChI=1S/C13H8BrClF2O/c14-11-6-10(2-4-13(11)17)18-7-8-5-9(16)1-3-12(8)15/h1-6H,7H2. The van der Waals surface area contributed by atoms with Crippen molar-refractivity contribution in [3.05, 3.63) is 63.1 Å². The summed E-state index contributed by atoms with van der Waals surface area (Å²) in [4.78, 5) is 0. The maximum Gasteiger partial charge on any atom is 0.137 e. The molecule has 0 heterocycles. The first-order valence-electron chi connectivity index (χ1n) is 5.08. The van der Waals surface area contributed by atoms with Gasteiger partial charge in [0.25, 0.3) is 0 Å². The topological polar surface area (TPSA) is 9.23 Å². The number of rotatable bonds is 3. The maximum atomic E-state index is 13.0. The van der Waals surface area contributed by atoms with Gasteiger partial charge in [0, 0.05) is 10.6 Å². The lowest BCUT2D eigenvalue weighted by Gasteiger charge is -2.08. The summed E-state index contributed by atoms with van der Waals surface area (Å²) in [7, 11) is 0. The summed E-state index contributed by atoms with van der Waals surface area (Å²) in [5, 5.41) is 0.428. The van der Waals surface area contributed by atoms with Crippen LogP contribution in [0.15, 0.2) is 40.9 Å². The molecule has 94 valence electrons. The van der Waals surface area contributed by atoms with E-state index in [4.69, 9.17) is 16.3 Å². The van der Waals surface area contributed by atoms with Gasteiger partial charge in [-0.3, -0.25) is 0 Å². The second kappa shape index (κ2) is 5.67. The molecule has 0 radical (unpaired) electrons. The van der Waals surface area contributed by atoms with Crippen molar-refractivity contribution >= 4 is 27.5 Å². The predicted molar refractivity (Wildman–Crippen MR) is 69.8 cm³/mol. The highest BCUT2D eigenvalue weighted by atomic mass is 79.9. The van der Waals surface area contributed by atoms with Crippen LogP contribution in [0.1, 0.15) is 5.56 Å². The summed E-state index contributed by atoms with van der Waals surface area (Å²) >= 11 is 8.96. The van der Waals surface area contributed by atoms with Crippen LogP contribution in [-0.2, 0) is 6.61 Å². The van der Waals surface area contributed by atoms with Gasteiger partial charge in [-0.1, -0.05) is 11.6 Å². The van der Waals surface area contributed by atoms with E-state index in [0.29, 0.717) is 20.8 Å². The fourth-order valence-electron chi connectivity index (χ4n) is 1.38. The molecule has 2 rings (SSSR count). The van der Waals surface area contributed by atoms with E-state index in [0.717, 1.165) is 0 Å². The van der Waals surface area contributed by atoms with Gasteiger partial charge >= 0.3 is 0 Å². The van der Waals surface area contributed by atoms with E-state index in [-0.39, 0.29) is 18.2 Å². The minimum absolute atomic E-state index is 0.120. The lowest BCUT2D eigenvalue weighted by atomic mass is 10.2. The van der Waals surface area contributed by atoms with Crippen molar-refractivity contribution in [2.45, 2.75) is 6.61 Å². The fraction of sp³-hybridized carbons (Fsp3) is 0.0769. The molecule has 0 aliphatic heterocycles. The summed E-state index contributed by atoms with van der Waals surface area (Å²) in [5.74, 6) is -0.270. The molecule has 2 aromatic rings. The molecule has 0 atom stereocenters. The van der Waals surface area contributed by atoms with Crippen LogP contribution >= 0.6 is 27.5 Å². The minimum atomic E-state index is -0.377. The molecule has 0 aliphatic carbocycles. The highest BCUT2D eigenvalue weighted by Gasteiger charge is 2.05. The van der Waals surface area contributed by atoms with Crippen LogP contribution in [0.5, 0.6) is 5.75 Å². The van der Waals surface area contributed by atoms with E-state index in [1.807, 2.05) is 0 Å². The van der Waals surface area contributed by atoms with Crippen molar-refractivity contribution < 1.29 is 13.5 Å². The number of halogens is 4. The zero-order valence-electron chi connectivity index (χ0n) is 9.09. The molecular weight excluding hydrogens is 325 g/mol. The summed E-state index contributed by atoms with van der Waals surface area (Å²) < 4.78 is 31.8. The molecule has 0 saturated carbocycles. The van der Waals surface area contributed by atoms with Crippen LogP contribution in [-0.4, -0.2) is 0 Å². The summed E-state index contributed by atoms with van der Waals surface area (Å²) in [5.41, 5.74) is 0.539. The largest absolute Gasteiger partial charge is 0.489 e. The molecular formula is C13H8BrClF2O. The molecule has 0 aromatic heterocycles. The molecule has 2 aromatic carbocycles. The van der Waals surface area contributed by atoms with E-state index in [9.17, 15) is 8.78 Å². The average Bonchev–Trinajstić information content (AvgIpc) is 2.34. The van der Waals surface area contributed by atoms with Gasteiger partial charge < -0.3 is 4.74 Å². The number of hydrogen-bond donors (Lipinski definition) is 0. The highest BCUT2D eigenvalue weighted by molar-refractivity contribution is 9.10. The summed E-state index contributed by atoms with van der Waals surface area (Å²) in [6.45, 7) is 0.120. The Hall–Kier alpha value is -1.13. The molecule has 18 heavy (non-hydrogen) atoms. The number of hydrogen-bond acceptors (Lipinski definition) is 1. The van der Waals surface area contributed by atoms with E-state index in [2.05, 4.69) is 15.9 Å². The quantitative estimate of drug-likeness (QED) is 0.771. The van der Waals surface area contributed by atoms with Crippen molar-refractivity contribution in [3.8, 4) is 5.75 Å². The van der Waals surface area contributed by atoms with Crippen molar-refractivity contribution in [1.29, 1.82) is 0 Å². The summed E-state index contributed by atoms with van der Waals surface area (Å²) in [6.07, 6.45) is 0. The van der Waals surface area contributed by atoms with Crippen molar-refractivity contribution in [2.24, 2.45) is 0 Å². The molecule has 0 saturated heterocycles. The normalized spacial score (nSPS) is 10.4. The Kier molecular flexibility index (Phi) is 4.19. The van der Waals surface area contributed by atoms with Gasteiger partial charge in [-0.2, -0.15) is 0 Å². The van der Waals surface area contributed by atoms with E-state index in [1.165, 1.54) is 36.4 Å². The molecule has 1 nitrogen and oxygen atoms in total. The summed E-state index contributed by atoms with van der Waals surface area (Å²) in [6, 6.07) is 8.33. The smallest absolute Gasteiger partial charge is 0.137 e. The van der Waals surface area contributed by atoms with E-state index < -0.39 is 0 Å². The zero-order chi connectivity index (χ0) is 13.1. The molecule has 0 N–H and O–H groups in total. The van der Waals surface area contributed by atoms with Gasteiger partial charge in [0.1, 0.15) is 24.0 Å². The third-order valence-electron chi connectivity index (χ3n) is 2.29. The second-order valence-electron chi connectivity index (χ2n) is 3.60. The Bertz CT molecular complexity index is 575. The highest BCUT2D eigenvalue weighted by Crippen LogP contribution is 2.24. The van der Waals surface area contributed by atoms with Crippen molar-refractivity contribution in [2.75, 3.05) is 0 Å². The molecule has 0 fully saturated rings. The van der Waals surface area contributed by atoms with Gasteiger partial charge in [0.2, 0.25) is 0 Å². The molecule has 0 aliphatic rings. The molecule has 0 bridgehead atoms. The first kappa shape index (κ1) is 13.3. The van der Waals surface area contributed by atoms with Gasteiger partial charge in [-0.25, -0.2) is 8.78 Å². The Balaban J connectivity index is 2.11. The van der Waals surface area contributed by atoms with Crippen LogP contribution in [0.4, 0.5) is 8.78 Å². The third-order valence-corrected chi connectivity index (χ3v) is 3.27. The maximum absolute atomic E-state index is 13.0. The van der Waals surface area contributed by atoms with Gasteiger partial charge in [0.15, 0.2) is 0 Å². The molecule has 0 amide bonds. The van der Waals surface area contributed by atoms with Crippen LogP contribution < -0.4 is 4.74 Å². The molecule has 0 spiro atoms. The Morgan fingerprint density at radius 2 is 1.89 bits per heavy atom. The molecule has 0 unspecified atom stereocenters. The Morgan fingerprint density at radius 3 is 2.61 bits per heavy atom. The monoisotopic (exact) mass is 332 g/mol. The number of ether oxygens (including phenoxy) is 1. The lowest BCUT2D eigenvalue weighted by Crippen LogP contribution is -1.97. The van der Waals surface area contributed by atoms with Crippen molar-refractivity contribution in [1.82, 2.24) is 0 Å². The van der Waals surface area contributed by atoms with Gasteiger partial charge in [-0.15, -0.1) is 0 Å². The van der Waals surface area contributed by atoms with Crippen LogP contribution in [0.2, 0.25) is 5.02 Å².